The fourth-order valence-corrected chi connectivity index (χ4v) is 1.39. The van der Waals surface area contributed by atoms with E-state index < -0.39 is 0 Å². The van der Waals surface area contributed by atoms with Crippen molar-refractivity contribution in [1.29, 1.82) is 0 Å². The first-order valence-electron chi connectivity index (χ1n) is 4.34. The van der Waals surface area contributed by atoms with Crippen molar-refractivity contribution in [3.8, 4) is 0 Å². The summed E-state index contributed by atoms with van der Waals surface area (Å²) in [6, 6.07) is 4.36. The van der Waals surface area contributed by atoms with Gasteiger partial charge in [0, 0.05) is 4.47 Å². The van der Waals surface area contributed by atoms with Crippen LogP contribution in [0, 0.1) is 20.8 Å². The van der Waals surface area contributed by atoms with Crippen LogP contribution in [0.2, 0.25) is 0 Å². The highest BCUT2D eigenvalue weighted by atomic mass is 79.9. The third-order valence-corrected chi connectivity index (χ3v) is 2.83. The lowest BCUT2D eigenvalue weighted by Crippen LogP contribution is -1.82. The molecule has 0 nitrogen and oxygen atoms in total. The molecule has 1 aromatic rings. The Bertz CT molecular complexity index is 228. The number of halogens is 1. The van der Waals surface area contributed by atoms with Crippen LogP contribution in [0.3, 0.4) is 0 Å². The lowest BCUT2D eigenvalue weighted by atomic mass is 10.1. The third-order valence-electron chi connectivity index (χ3n) is 1.58. The summed E-state index contributed by atoms with van der Waals surface area (Å²) in [5.41, 5.74) is 3.97. The summed E-state index contributed by atoms with van der Waals surface area (Å²) in [5, 5.41) is 0. The second kappa shape index (κ2) is 5.36. The van der Waals surface area contributed by atoms with Crippen LogP contribution in [-0.2, 0) is 0 Å². The van der Waals surface area contributed by atoms with E-state index in [1.807, 2.05) is 13.8 Å². The van der Waals surface area contributed by atoms with Gasteiger partial charge in [-0.05, 0) is 31.9 Å². The normalized spacial score (nSPS) is 8.83. The van der Waals surface area contributed by atoms with E-state index in [0.717, 1.165) is 0 Å². The summed E-state index contributed by atoms with van der Waals surface area (Å²) in [7, 11) is 0. The molecular formula is C11H17Br. The fraction of sp³-hybridized carbons (Fsp3) is 0.455. The number of rotatable bonds is 0. The summed E-state index contributed by atoms with van der Waals surface area (Å²) in [6.07, 6.45) is 0. The summed E-state index contributed by atoms with van der Waals surface area (Å²) >= 11 is 3.51. The molecule has 0 N–H and O–H groups in total. The van der Waals surface area contributed by atoms with E-state index in [1.165, 1.54) is 21.2 Å². The van der Waals surface area contributed by atoms with Gasteiger partial charge in [0.2, 0.25) is 0 Å². The van der Waals surface area contributed by atoms with E-state index in [-0.39, 0.29) is 0 Å². The van der Waals surface area contributed by atoms with Gasteiger partial charge in [0.1, 0.15) is 0 Å². The lowest BCUT2D eigenvalue weighted by Gasteiger charge is -2.03. The van der Waals surface area contributed by atoms with E-state index in [4.69, 9.17) is 0 Å². The molecule has 0 saturated carbocycles. The van der Waals surface area contributed by atoms with E-state index in [1.54, 1.807) is 0 Å². The zero-order valence-electron chi connectivity index (χ0n) is 8.53. The predicted molar refractivity (Wildman–Crippen MR) is 59.7 cm³/mol. The molecule has 0 fully saturated rings. The zero-order valence-corrected chi connectivity index (χ0v) is 10.1. The van der Waals surface area contributed by atoms with Gasteiger partial charge >= 0.3 is 0 Å². The Morgan fingerprint density at radius 2 is 1.25 bits per heavy atom. The Morgan fingerprint density at radius 1 is 0.917 bits per heavy atom. The van der Waals surface area contributed by atoms with Gasteiger partial charge in [-0.3, -0.25) is 0 Å². The third kappa shape index (κ3) is 2.98. The largest absolute Gasteiger partial charge is 0.0683 e. The van der Waals surface area contributed by atoms with Crippen molar-refractivity contribution < 1.29 is 0 Å². The smallest absolute Gasteiger partial charge is 0.0233 e. The van der Waals surface area contributed by atoms with Crippen LogP contribution in [0.1, 0.15) is 30.5 Å². The van der Waals surface area contributed by atoms with Crippen LogP contribution in [-0.4, -0.2) is 0 Å². The maximum Gasteiger partial charge on any atom is 0.0233 e. The average molecular weight is 229 g/mol. The van der Waals surface area contributed by atoms with Gasteiger partial charge in [-0.25, -0.2) is 0 Å². The first-order valence-corrected chi connectivity index (χ1v) is 5.14. The number of aryl methyl sites for hydroxylation is 3. The molecule has 0 spiro atoms. The Kier molecular flexibility index (Phi) is 5.23. The van der Waals surface area contributed by atoms with Crippen molar-refractivity contribution in [3.05, 3.63) is 33.3 Å². The van der Waals surface area contributed by atoms with Crippen LogP contribution in [0.25, 0.3) is 0 Å². The molecule has 0 aliphatic heterocycles. The highest BCUT2D eigenvalue weighted by Gasteiger charge is 1.97. The average Bonchev–Trinajstić information content (AvgIpc) is 2.04. The maximum absolute atomic E-state index is 3.51. The van der Waals surface area contributed by atoms with E-state index in [0.29, 0.717) is 0 Å². The topological polar surface area (TPSA) is 0 Å². The number of hydrogen-bond acceptors (Lipinski definition) is 0. The molecule has 0 heterocycles. The van der Waals surface area contributed by atoms with Crippen molar-refractivity contribution in [2.75, 3.05) is 0 Å². The highest BCUT2D eigenvalue weighted by molar-refractivity contribution is 9.10. The summed E-state index contributed by atoms with van der Waals surface area (Å²) < 4.78 is 1.23. The second-order valence-corrected chi connectivity index (χ2v) is 3.51. The SMILES string of the molecule is CC.Cc1cc(C)c(Br)c(C)c1. The maximum atomic E-state index is 3.51. The first-order chi connectivity index (χ1) is 5.61. The molecule has 1 aromatic carbocycles. The number of benzene rings is 1. The van der Waals surface area contributed by atoms with E-state index in [9.17, 15) is 0 Å². The van der Waals surface area contributed by atoms with E-state index >= 15 is 0 Å². The second-order valence-electron chi connectivity index (χ2n) is 2.71. The predicted octanol–water partition coefficient (Wildman–Crippen LogP) is 4.40. The van der Waals surface area contributed by atoms with Crippen molar-refractivity contribution in [3.63, 3.8) is 0 Å². The van der Waals surface area contributed by atoms with Gasteiger partial charge in [-0.15, -0.1) is 0 Å². The van der Waals surface area contributed by atoms with Crippen LogP contribution in [0.15, 0.2) is 16.6 Å². The molecule has 0 radical (unpaired) electrons. The minimum absolute atomic E-state index is 1.23. The van der Waals surface area contributed by atoms with Crippen molar-refractivity contribution in [1.82, 2.24) is 0 Å². The minimum Gasteiger partial charge on any atom is -0.0683 e. The van der Waals surface area contributed by atoms with Crippen LogP contribution in [0.5, 0.6) is 0 Å². The van der Waals surface area contributed by atoms with Gasteiger partial charge < -0.3 is 0 Å². The Hall–Kier alpha value is -0.300. The van der Waals surface area contributed by atoms with Crippen LogP contribution >= 0.6 is 15.9 Å². The quantitative estimate of drug-likeness (QED) is 0.618. The first kappa shape index (κ1) is 11.7. The van der Waals surface area contributed by atoms with Crippen LogP contribution in [0.4, 0.5) is 0 Å². The molecule has 0 aliphatic rings. The van der Waals surface area contributed by atoms with Gasteiger partial charge in [-0.2, -0.15) is 0 Å². The van der Waals surface area contributed by atoms with Crippen molar-refractivity contribution in [2.24, 2.45) is 0 Å². The molecule has 0 atom stereocenters. The highest BCUT2D eigenvalue weighted by Crippen LogP contribution is 2.21. The standard InChI is InChI=1S/C9H11Br.C2H6/c1-6-4-7(2)9(10)8(3)5-6;1-2/h4-5H,1-3H3;1-2H3. The molecule has 0 aliphatic carbocycles. The molecule has 0 aromatic heterocycles. The molecular weight excluding hydrogens is 212 g/mol. The Balaban J connectivity index is 0.000000561. The summed E-state index contributed by atoms with van der Waals surface area (Å²) in [6.45, 7) is 10.3. The lowest BCUT2D eigenvalue weighted by molar-refractivity contribution is 1.29. The molecule has 0 unspecified atom stereocenters. The van der Waals surface area contributed by atoms with E-state index in [2.05, 4.69) is 48.8 Å². The Labute approximate surface area is 84.1 Å². The zero-order chi connectivity index (χ0) is 9.72. The monoisotopic (exact) mass is 228 g/mol. The summed E-state index contributed by atoms with van der Waals surface area (Å²) in [4.78, 5) is 0. The van der Waals surface area contributed by atoms with Crippen LogP contribution < -0.4 is 0 Å². The van der Waals surface area contributed by atoms with Crippen molar-refractivity contribution in [2.45, 2.75) is 34.6 Å². The number of hydrogen-bond donors (Lipinski definition) is 0. The molecule has 1 heteroatoms. The molecule has 68 valence electrons. The van der Waals surface area contributed by atoms with Crippen molar-refractivity contribution >= 4 is 15.9 Å². The van der Waals surface area contributed by atoms with Gasteiger partial charge in [-0.1, -0.05) is 47.5 Å². The van der Waals surface area contributed by atoms with Gasteiger partial charge in [0.25, 0.3) is 0 Å². The minimum atomic E-state index is 1.23. The molecule has 0 bridgehead atoms. The summed E-state index contributed by atoms with van der Waals surface area (Å²) in [5.74, 6) is 0. The molecule has 0 amide bonds. The molecule has 12 heavy (non-hydrogen) atoms. The fourth-order valence-electron chi connectivity index (χ4n) is 1.16. The molecule has 0 saturated heterocycles. The molecule has 1 rings (SSSR count). The van der Waals surface area contributed by atoms with Gasteiger partial charge in [0.15, 0.2) is 0 Å². The van der Waals surface area contributed by atoms with Gasteiger partial charge in [0.05, 0.1) is 0 Å². The Morgan fingerprint density at radius 3 is 1.58 bits per heavy atom.